The summed E-state index contributed by atoms with van der Waals surface area (Å²) in [6.45, 7) is 2.19. The molecular weight excluding hydrogens is 702 g/mol. The molecule has 1 atom stereocenters. The number of hydrogen-bond acceptors (Lipinski definition) is 11. The van der Waals surface area contributed by atoms with Crippen LogP contribution in [0, 0.1) is 0 Å². The normalized spacial score (nSPS) is 16.3. The van der Waals surface area contributed by atoms with E-state index < -0.39 is 11.9 Å². The molecule has 292 valence electrons. The Morgan fingerprint density at radius 1 is 0.963 bits per heavy atom. The third-order valence-electron chi connectivity index (χ3n) is 9.57. The first-order chi connectivity index (χ1) is 25.9. The van der Waals surface area contributed by atoms with Gasteiger partial charge in [0.25, 0.3) is 5.56 Å². The minimum atomic E-state index is -0.683. The molecule has 0 aliphatic carbocycles. The molecule has 0 bridgehead atoms. The number of hydrogen-bond donors (Lipinski definition) is 2. The van der Waals surface area contributed by atoms with Crippen molar-refractivity contribution in [2.24, 2.45) is 14.1 Å². The topological polar surface area (TPSA) is 183 Å². The molecule has 2 saturated heterocycles. The smallest absolute Gasteiger partial charge is 0.274 e. The second-order valence-corrected chi connectivity index (χ2v) is 13.4. The number of likely N-dealkylation sites (N-methyl/N-ethyl adjacent to an activating group) is 1. The molecular formula is C37H49N7O10. The molecule has 2 aliphatic heterocycles. The molecule has 5 rings (SSSR count). The Balaban J connectivity index is 0.982. The molecule has 1 aromatic carbocycles. The maximum absolute atomic E-state index is 12.8. The minimum absolute atomic E-state index is 0.0858. The zero-order valence-electron chi connectivity index (χ0n) is 31.5. The summed E-state index contributed by atoms with van der Waals surface area (Å²) in [6.07, 6.45) is 4.23. The van der Waals surface area contributed by atoms with Gasteiger partial charge < -0.3 is 43.2 Å². The Kier molecular flexibility index (Phi) is 13.4. The van der Waals surface area contributed by atoms with Gasteiger partial charge in [0.2, 0.25) is 29.5 Å². The van der Waals surface area contributed by atoms with E-state index in [2.05, 4.69) is 10.6 Å². The van der Waals surface area contributed by atoms with Crippen molar-refractivity contribution in [2.75, 3.05) is 80.4 Å². The summed E-state index contributed by atoms with van der Waals surface area (Å²) in [6, 6.07) is 5.06. The fourth-order valence-electron chi connectivity index (χ4n) is 6.76. The van der Waals surface area contributed by atoms with Gasteiger partial charge in [0.1, 0.15) is 23.1 Å². The first kappa shape index (κ1) is 39.9. The molecule has 2 aromatic heterocycles. The van der Waals surface area contributed by atoms with E-state index in [9.17, 15) is 28.8 Å². The van der Waals surface area contributed by atoms with Crippen LogP contribution in [0.25, 0.3) is 22.0 Å². The molecule has 3 aromatic rings. The highest BCUT2D eigenvalue weighted by Gasteiger charge is 2.37. The Morgan fingerprint density at radius 2 is 1.67 bits per heavy atom. The molecule has 4 heterocycles. The highest BCUT2D eigenvalue weighted by Crippen LogP contribution is 2.38. The first-order valence-electron chi connectivity index (χ1n) is 17.8. The monoisotopic (exact) mass is 751 g/mol. The van der Waals surface area contributed by atoms with Crippen LogP contribution in [0.2, 0.25) is 0 Å². The van der Waals surface area contributed by atoms with E-state index in [1.54, 1.807) is 32.0 Å². The second kappa shape index (κ2) is 18.2. The van der Waals surface area contributed by atoms with Gasteiger partial charge in [-0.1, -0.05) is 0 Å². The molecule has 0 saturated carbocycles. The highest BCUT2D eigenvalue weighted by atomic mass is 16.5. The van der Waals surface area contributed by atoms with Crippen LogP contribution in [0.1, 0.15) is 24.8 Å². The summed E-state index contributed by atoms with van der Waals surface area (Å²) in [5.41, 5.74) is 2.98. The van der Waals surface area contributed by atoms with Crippen molar-refractivity contribution in [3.63, 3.8) is 0 Å². The fraction of sp³-hybridized carbons (Fsp3) is 0.514. The van der Waals surface area contributed by atoms with Crippen molar-refractivity contribution in [3.8, 4) is 22.6 Å². The van der Waals surface area contributed by atoms with Crippen LogP contribution in [-0.4, -0.2) is 140 Å². The van der Waals surface area contributed by atoms with Crippen molar-refractivity contribution < 1.29 is 42.9 Å². The van der Waals surface area contributed by atoms with Crippen molar-refractivity contribution in [1.82, 2.24) is 34.5 Å². The highest BCUT2D eigenvalue weighted by molar-refractivity contribution is 6.02. The van der Waals surface area contributed by atoms with Crippen LogP contribution < -0.4 is 25.7 Å². The van der Waals surface area contributed by atoms with Crippen LogP contribution >= 0.6 is 0 Å². The number of amides is 5. The minimum Gasteiger partial charge on any atom is -0.496 e. The molecule has 5 amide bonds. The Labute approximate surface area is 313 Å². The quantitative estimate of drug-likeness (QED) is 0.140. The summed E-state index contributed by atoms with van der Waals surface area (Å²) in [5.74, 6) is -0.358. The number of methoxy groups -OCH3 is 2. The van der Waals surface area contributed by atoms with E-state index in [1.807, 2.05) is 48.0 Å². The van der Waals surface area contributed by atoms with Crippen molar-refractivity contribution >= 4 is 40.4 Å². The van der Waals surface area contributed by atoms with Gasteiger partial charge >= 0.3 is 0 Å². The number of aryl methyl sites for hydroxylation is 2. The van der Waals surface area contributed by atoms with E-state index >= 15 is 0 Å². The molecule has 1 unspecified atom stereocenters. The largest absolute Gasteiger partial charge is 0.496 e. The Hall–Kier alpha value is -5.26. The summed E-state index contributed by atoms with van der Waals surface area (Å²) >= 11 is 0. The van der Waals surface area contributed by atoms with E-state index in [0.717, 1.165) is 22.1 Å². The number of piperidine rings is 1. The number of nitrogens with one attached hydrogen (secondary N) is 2. The van der Waals surface area contributed by atoms with Crippen LogP contribution in [0.4, 0.5) is 0 Å². The number of rotatable bonds is 17. The van der Waals surface area contributed by atoms with Gasteiger partial charge in [0, 0.05) is 70.0 Å². The standard InChI is InChI=1S/C37H49N7O10/c1-40(20-27-29(51-4)18-24(19-30(27)52-5)26-21-42(3)37(50)35-25(26)8-11-41(35)2)22-32(46)38-10-15-54-17-16-53-14-9-33(47)43-12-13-44(34(48)23-43)28-6-7-31(45)39-36(28)49/h8,11,18-19,21,28H,6-7,9-10,12-17,20,22-23H2,1-5H3,(H,38,46)(H,39,45,49). The predicted molar refractivity (Wildman–Crippen MR) is 197 cm³/mol. The molecule has 17 heteroatoms. The van der Waals surface area contributed by atoms with Crippen molar-refractivity contribution in [3.05, 3.63) is 46.5 Å². The lowest BCUT2D eigenvalue weighted by Gasteiger charge is -2.39. The number of pyridine rings is 1. The van der Waals surface area contributed by atoms with Gasteiger partial charge in [0.15, 0.2) is 0 Å². The lowest BCUT2D eigenvalue weighted by Crippen LogP contribution is -2.60. The van der Waals surface area contributed by atoms with Gasteiger partial charge in [-0.25, -0.2) is 0 Å². The SMILES string of the molecule is COc1cc(-c2cn(C)c(=O)c3c2ccn3C)cc(OC)c1CN(C)CC(=O)NCCOCCOCCC(=O)N1CCN(C2CCC(=O)NC2=O)C(=O)C1. The maximum Gasteiger partial charge on any atom is 0.274 e. The number of nitrogens with zero attached hydrogens (tertiary/aromatic N) is 5. The summed E-state index contributed by atoms with van der Waals surface area (Å²) in [5, 5.41) is 5.93. The zero-order chi connectivity index (χ0) is 38.9. The van der Waals surface area contributed by atoms with Gasteiger partial charge in [-0.15, -0.1) is 0 Å². The first-order valence-corrected chi connectivity index (χ1v) is 17.8. The van der Waals surface area contributed by atoms with Gasteiger partial charge in [-0.2, -0.15) is 0 Å². The molecule has 2 fully saturated rings. The summed E-state index contributed by atoms with van der Waals surface area (Å²) < 4.78 is 26.0. The van der Waals surface area contributed by atoms with E-state index in [1.165, 1.54) is 9.80 Å². The van der Waals surface area contributed by atoms with Crippen LogP contribution in [0.15, 0.2) is 35.4 Å². The molecule has 0 radical (unpaired) electrons. The van der Waals surface area contributed by atoms with Crippen LogP contribution in [0.3, 0.4) is 0 Å². The fourth-order valence-corrected chi connectivity index (χ4v) is 6.76. The predicted octanol–water partition coefficient (Wildman–Crippen LogP) is 0.00850. The Morgan fingerprint density at radius 3 is 2.33 bits per heavy atom. The molecule has 0 spiro atoms. The molecule has 2 aliphatic rings. The number of carbonyl (C=O) groups excluding carboxylic acids is 5. The number of fused-ring (bicyclic) bond motifs is 1. The third-order valence-corrected chi connectivity index (χ3v) is 9.57. The molecule has 17 nitrogen and oxygen atoms in total. The van der Waals surface area contributed by atoms with Crippen LogP contribution in [-0.2, 0) is 54.1 Å². The number of imide groups is 1. The van der Waals surface area contributed by atoms with Gasteiger partial charge in [-0.3, -0.25) is 39.0 Å². The summed E-state index contributed by atoms with van der Waals surface area (Å²) in [7, 11) is 8.55. The number of carbonyl (C=O) groups is 5. The molecule has 54 heavy (non-hydrogen) atoms. The number of piperazine rings is 1. The summed E-state index contributed by atoms with van der Waals surface area (Å²) in [4.78, 5) is 78.9. The van der Waals surface area contributed by atoms with E-state index in [4.69, 9.17) is 18.9 Å². The number of aromatic nitrogens is 2. The number of benzene rings is 1. The van der Waals surface area contributed by atoms with E-state index in [0.29, 0.717) is 36.6 Å². The average Bonchev–Trinajstić information content (AvgIpc) is 3.53. The van der Waals surface area contributed by atoms with E-state index in [-0.39, 0.29) is 94.5 Å². The third kappa shape index (κ3) is 9.45. The lowest BCUT2D eigenvalue weighted by molar-refractivity contribution is -0.152. The molecule has 2 N–H and O–H groups in total. The Bertz CT molecular complexity index is 1910. The van der Waals surface area contributed by atoms with Crippen LogP contribution in [0.5, 0.6) is 11.5 Å². The van der Waals surface area contributed by atoms with Crippen molar-refractivity contribution in [2.45, 2.75) is 31.8 Å². The lowest BCUT2D eigenvalue weighted by atomic mass is 10.00. The van der Waals surface area contributed by atoms with Gasteiger partial charge in [-0.05, 0) is 37.2 Å². The second-order valence-electron chi connectivity index (χ2n) is 13.4. The maximum atomic E-state index is 12.8. The zero-order valence-corrected chi connectivity index (χ0v) is 31.5. The average molecular weight is 752 g/mol. The number of ether oxygens (including phenoxy) is 4. The van der Waals surface area contributed by atoms with Crippen molar-refractivity contribution in [1.29, 1.82) is 0 Å². The van der Waals surface area contributed by atoms with Gasteiger partial charge in [0.05, 0.1) is 65.7 Å².